The van der Waals surface area contributed by atoms with E-state index in [0.29, 0.717) is 19.0 Å². The van der Waals surface area contributed by atoms with Gasteiger partial charge in [0.15, 0.2) is 11.8 Å². The number of guanidine groups is 1. The highest BCUT2D eigenvalue weighted by Crippen LogP contribution is 2.20. The van der Waals surface area contributed by atoms with Gasteiger partial charge >= 0.3 is 0 Å². The summed E-state index contributed by atoms with van der Waals surface area (Å²) in [5.74, 6) is 2.11. The average molecular weight is 550 g/mol. The second kappa shape index (κ2) is 13.0. The van der Waals surface area contributed by atoms with Crippen molar-refractivity contribution in [1.29, 1.82) is 0 Å². The minimum Gasteiger partial charge on any atom is -0.491 e. The van der Waals surface area contributed by atoms with Crippen molar-refractivity contribution in [3.8, 4) is 17.1 Å². The molecule has 3 aromatic rings. The van der Waals surface area contributed by atoms with E-state index in [1.54, 1.807) is 0 Å². The zero-order valence-corrected chi connectivity index (χ0v) is 20.9. The van der Waals surface area contributed by atoms with Gasteiger partial charge in [0.05, 0.1) is 18.8 Å². The van der Waals surface area contributed by atoms with Crippen LogP contribution in [0, 0.1) is 0 Å². The first kappa shape index (κ1) is 25.6. The van der Waals surface area contributed by atoms with Gasteiger partial charge in [-0.1, -0.05) is 30.3 Å². The van der Waals surface area contributed by atoms with Crippen LogP contribution < -0.4 is 15.4 Å². The van der Waals surface area contributed by atoms with E-state index < -0.39 is 6.10 Å². The Balaban J connectivity index is 0.00000363. The lowest BCUT2D eigenvalue weighted by Crippen LogP contribution is -2.39. The number of aromatic nitrogens is 3. The number of halogens is 1. The highest BCUT2D eigenvalue weighted by Gasteiger charge is 2.10. The molecule has 0 spiro atoms. The Hall–Kier alpha value is -2.66. The zero-order valence-electron chi connectivity index (χ0n) is 18.6. The van der Waals surface area contributed by atoms with Crippen LogP contribution in [0.5, 0.6) is 5.75 Å². The predicted octanol–water partition coefficient (Wildman–Crippen LogP) is 3.67. The number of hydrogen-bond acceptors (Lipinski definition) is 5. The molecule has 1 aromatic heterocycles. The quantitative estimate of drug-likeness (QED) is 0.184. The first-order valence-corrected chi connectivity index (χ1v) is 10.5. The molecule has 0 amide bonds. The fourth-order valence-electron chi connectivity index (χ4n) is 3.05. The van der Waals surface area contributed by atoms with E-state index in [1.165, 1.54) is 6.33 Å². The Labute approximate surface area is 205 Å². The Kier molecular flexibility index (Phi) is 10.4. The number of aromatic amines is 1. The van der Waals surface area contributed by atoms with Crippen molar-refractivity contribution in [2.24, 2.45) is 4.99 Å². The molecule has 0 aliphatic heterocycles. The lowest BCUT2D eigenvalue weighted by atomic mass is 10.1. The van der Waals surface area contributed by atoms with Crippen LogP contribution in [0.2, 0.25) is 0 Å². The molecule has 0 bridgehead atoms. The summed E-state index contributed by atoms with van der Waals surface area (Å²) in [7, 11) is 0. The van der Waals surface area contributed by atoms with E-state index in [2.05, 4.69) is 30.8 Å². The van der Waals surface area contributed by atoms with Crippen molar-refractivity contribution in [2.45, 2.75) is 39.5 Å². The third-order valence-electron chi connectivity index (χ3n) is 4.46. The largest absolute Gasteiger partial charge is 0.491 e. The normalized spacial score (nSPS) is 12.2. The summed E-state index contributed by atoms with van der Waals surface area (Å²) in [5, 5.41) is 23.8. The molecule has 0 aliphatic carbocycles. The lowest BCUT2D eigenvalue weighted by molar-refractivity contribution is 0.179. The van der Waals surface area contributed by atoms with Gasteiger partial charge in [-0.2, -0.15) is 5.10 Å². The Bertz CT molecular complexity index is 978. The molecule has 1 unspecified atom stereocenters. The maximum absolute atomic E-state index is 10.6. The Morgan fingerprint density at radius 2 is 1.97 bits per heavy atom. The Morgan fingerprint density at radius 1 is 1.16 bits per heavy atom. The number of rotatable bonds is 9. The van der Waals surface area contributed by atoms with Crippen molar-refractivity contribution >= 4 is 29.9 Å². The van der Waals surface area contributed by atoms with E-state index in [1.807, 2.05) is 69.3 Å². The molecule has 0 saturated carbocycles. The zero-order chi connectivity index (χ0) is 22.1. The van der Waals surface area contributed by atoms with Gasteiger partial charge in [0.25, 0.3) is 0 Å². The van der Waals surface area contributed by atoms with Crippen LogP contribution in [0.25, 0.3) is 11.4 Å². The molecular formula is C23H31IN6O2. The number of nitrogens with one attached hydrogen (secondary N) is 3. The van der Waals surface area contributed by atoms with Crippen LogP contribution in [-0.2, 0) is 6.54 Å². The number of aliphatic hydroxyl groups excluding tert-OH is 1. The molecule has 3 rings (SSSR count). The van der Waals surface area contributed by atoms with Crippen LogP contribution >= 0.6 is 24.0 Å². The highest BCUT2D eigenvalue weighted by molar-refractivity contribution is 14.0. The van der Waals surface area contributed by atoms with Gasteiger partial charge in [-0.25, -0.2) is 9.98 Å². The minimum atomic E-state index is -0.686. The third-order valence-corrected chi connectivity index (χ3v) is 4.46. The van der Waals surface area contributed by atoms with Gasteiger partial charge in [0.1, 0.15) is 12.1 Å². The van der Waals surface area contributed by atoms with Crippen molar-refractivity contribution in [2.75, 3.05) is 13.1 Å². The van der Waals surface area contributed by atoms with Crippen molar-refractivity contribution < 1.29 is 9.84 Å². The highest BCUT2D eigenvalue weighted by atomic mass is 127. The maximum Gasteiger partial charge on any atom is 0.191 e. The second-order valence-electron chi connectivity index (χ2n) is 7.37. The molecule has 0 saturated heterocycles. The first-order valence-electron chi connectivity index (χ1n) is 10.5. The van der Waals surface area contributed by atoms with Crippen molar-refractivity contribution in [3.63, 3.8) is 0 Å². The molecule has 0 aliphatic rings. The molecule has 4 N–H and O–H groups in total. The average Bonchev–Trinajstić information content (AvgIpc) is 3.30. The summed E-state index contributed by atoms with van der Waals surface area (Å²) in [5.41, 5.74) is 2.80. The predicted molar refractivity (Wildman–Crippen MR) is 137 cm³/mol. The van der Waals surface area contributed by atoms with Crippen LogP contribution in [0.1, 0.15) is 38.0 Å². The van der Waals surface area contributed by atoms with E-state index in [4.69, 9.17) is 4.74 Å². The molecule has 0 radical (unpaired) electrons. The number of hydrogen-bond donors (Lipinski definition) is 4. The summed E-state index contributed by atoms with van der Waals surface area (Å²) in [6, 6.07) is 15.5. The van der Waals surface area contributed by atoms with E-state index in [9.17, 15) is 5.11 Å². The molecule has 8 nitrogen and oxygen atoms in total. The smallest absolute Gasteiger partial charge is 0.191 e. The number of nitrogens with zero attached hydrogens (tertiary/aromatic N) is 3. The van der Waals surface area contributed by atoms with Gasteiger partial charge in [0, 0.05) is 18.7 Å². The summed E-state index contributed by atoms with van der Waals surface area (Å²) >= 11 is 0. The van der Waals surface area contributed by atoms with Crippen LogP contribution in [0.3, 0.4) is 0 Å². The maximum atomic E-state index is 10.6. The first-order chi connectivity index (χ1) is 15.0. The molecular weight excluding hydrogens is 519 g/mol. The summed E-state index contributed by atoms with van der Waals surface area (Å²) in [4.78, 5) is 8.83. The van der Waals surface area contributed by atoms with Gasteiger partial charge < -0.3 is 20.5 Å². The fraction of sp³-hybridized carbons (Fsp3) is 0.348. The van der Waals surface area contributed by atoms with Gasteiger partial charge in [-0.3, -0.25) is 5.10 Å². The number of ether oxygens (including phenoxy) is 1. The molecule has 1 heterocycles. The van der Waals surface area contributed by atoms with Gasteiger partial charge in [-0.05, 0) is 50.1 Å². The summed E-state index contributed by atoms with van der Waals surface area (Å²) in [6.07, 6.45) is 0.887. The second-order valence-corrected chi connectivity index (χ2v) is 7.37. The molecule has 32 heavy (non-hydrogen) atoms. The standard InChI is InChI=1S/C23H30N6O2.HI/c1-4-24-23(25-13-17-7-5-9-19(11-17)22-27-15-28-29-22)26-14-21(30)18-8-6-10-20(12-18)31-16(2)3;/h5-12,15-16,21,30H,4,13-14H2,1-3H3,(H2,24,25,26)(H,27,28,29);1H. The minimum absolute atomic E-state index is 0. The lowest BCUT2D eigenvalue weighted by Gasteiger charge is -2.17. The number of benzene rings is 2. The van der Waals surface area contributed by atoms with Gasteiger partial charge in [-0.15, -0.1) is 24.0 Å². The fourth-order valence-corrected chi connectivity index (χ4v) is 3.05. The Morgan fingerprint density at radius 3 is 2.69 bits per heavy atom. The molecule has 1 atom stereocenters. The van der Waals surface area contributed by atoms with Crippen molar-refractivity contribution in [3.05, 3.63) is 66.0 Å². The SMILES string of the molecule is CCNC(=NCc1cccc(-c2ncn[nH]2)c1)NCC(O)c1cccc(OC(C)C)c1.I. The molecule has 0 fully saturated rings. The number of H-pyrrole nitrogens is 1. The molecule has 172 valence electrons. The summed E-state index contributed by atoms with van der Waals surface area (Å²) in [6.45, 7) is 7.50. The monoisotopic (exact) mass is 550 g/mol. The third kappa shape index (κ3) is 7.79. The molecule has 2 aromatic carbocycles. The summed E-state index contributed by atoms with van der Waals surface area (Å²) < 4.78 is 5.71. The number of aliphatic imine (C=N–C) groups is 1. The molecule has 9 heteroatoms. The van der Waals surface area contributed by atoms with E-state index in [0.717, 1.165) is 34.8 Å². The van der Waals surface area contributed by atoms with Crippen molar-refractivity contribution in [1.82, 2.24) is 25.8 Å². The number of aliphatic hydroxyl groups is 1. The van der Waals surface area contributed by atoms with E-state index >= 15 is 0 Å². The van der Waals surface area contributed by atoms with Crippen LogP contribution in [0.4, 0.5) is 0 Å². The van der Waals surface area contributed by atoms with Gasteiger partial charge in [0.2, 0.25) is 0 Å². The van der Waals surface area contributed by atoms with E-state index in [-0.39, 0.29) is 30.1 Å². The topological polar surface area (TPSA) is 107 Å². The van der Waals surface area contributed by atoms with Crippen LogP contribution in [-0.4, -0.2) is 45.4 Å². The van der Waals surface area contributed by atoms with Crippen LogP contribution in [0.15, 0.2) is 59.9 Å².